The standard InChI is InChI=1S/C41H36F3NO5S.C37H28F3NO5S/c1-40(2,3)38(39(46)47)45(26-28-12-9-13-32(24-28)41(42,43)44)51(48,49)33-22-20-30(21-23-33)29-16-18-31(19-17-29)37-34-14-7-8-15-35(34)50-36(37)25-27-10-5-4-6-11-27;38-37(39,40)30-10-6-9-26(21-30)23-41(24-35(42)43)47(44,45)31-19-17-28(18-20-31)27-13-15-29(16-14-27)36-32-11-4-5-12-33(32)46-34(36)22-25-7-2-1-3-8-25/h4-24,38H,25-26H2,1-3H3,(H,46,47);1-21H,22-24H2,(H,42,43). The van der Waals surface area contributed by atoms with Gasteiger partial charge in [0.25, 0.3) is 0 Å². The normalized spacial score (nSPS) is 12.6. The van der Waals surface area contributed by atoms with E-state index in [1.165, 1.54) is 42.5 Å². The number of carboxylic acid groups (broad SMARTS) is 2. The maximum absolute atomic E-state index is 14.1. The third-order valence-corrected chi connectivity index (χ3v) is 20.2. The Kier molecular flexibility index (Phi) is 20.0. The van der Waals surface area contributed by atoms with Crippen LogP contribution in [-0.4, -0.2) is 60.2 Å². The Bertz CT molecular complexity index is 5050. The van der Waals surface area contributed by atoms with Crippen LogP contribution in [-0.2, 0) is 67.9 Å². The molecule has 0 radical (unpaired) electrons. The third kappa shape index (κ3) is 15.7. The van der Waals surface area contributed by atoms with Crippen LogP contribution in [0.2, 0.25) is 0 Å². The van der Waals surface area contributed by atoms with Crippen LogP contribution >= 0.6 is 0 Å². The molecule has 98 heavy (non-hydrogen) atoms. The van der Waals surface area contributed by atoms with Crippen LogP contribution in [0.5, 0.6) is 0 Å². The van der Waals surface area contributed by atoms with Crippen molar-refractivity contribution in [1.82, 2.24) is 8.61 Å². The number of nitrogens with zero attached hydrogens (tertiary/aromatic N) is 2. The number of fused-ring (bicyclic) bond motifs is 2. The smallest absolute Gasteiger partial charge is 0.416 e. The van der Waals surface area contributed by atoms with E-state index in [9.17, 15) is 63.0 Å². The summed E-state index contributed by atoms with van der Waals surface area (Å²) in [7, 11) is -8.87. The predicted octanol–water partition coefficient (Wildman–Crippen LogP) is 18.7. The zero-order chi connectivity index (χ0) is 69.7. The Hall–Kier alpha value is -10.4. The van der Waals surface area contributed by atoms with E-state index in [4.69, 9.17) is 8.83 Å². The number of halogens is 6. The highest BCUT2D eigenvalue weighted by Crippen LogP contribution is 2.41. The molecule has 1 unspecified atom stereocenters. The molecular weight excluding hydrogens is 1300 g/mol. The van der Waals surface area contributed by atoms with Crippen LogP contribution in [0.15, 0.2) is 273 Å². The number of alkyl halides is 6. The summed E-state index contributed by atoms with van der Waals surface area (Å²) in [4.78, 5) is 23.7. The summed E-state index contributed by atoms with van der Waals surface area (Å²) in [5.41, 5.74) is 7.84. The third-order valence-electron chi connectivity index (χ3n) is 16.6. The predicted molar refractivity (Wildman–Crippen MR) is 364 cm³/mol. The van der Waals surface area contributed by atoms with Crippen molar-refractivity contribution in [1.29, 1.82) is 0 Å². The van der Waals surface area contributed by atoms with E-state index in [0.29, 0.717) is 17.1 Å². The Morgan fingerprint density at radius 1 is 0.418 bits per heavy atom. The van der Waals surface area contributed by atoms with E-state index in [0.717, 1.165) is 124 Å². The maximum atomic E-state index is 14.1. The van der Waals surface area contributed by atoms with Crippen LogP contribution in [0.4, 0.5) is 26.3 Å². The van der Waals surface area contributed by atoms with Crippen molar-refractivity contribution in [3.05, 3.63) is 300 Å². The van der Waals surface area contributed by atoms with E-state index in [2.05, 4.69) is 24.3 Å². The molecule has 0 bridgehead atoms. The zero-order valence-electron chi connectivity index (χ0n) is 53.0. The van der Waals surface area contributed by atoms with E-state index in [-0.39, 0.29) is 20.9 Å². The van der Waals surface area contributed by atoms with Crippen molar-refractivity contribution in [3.63, 3.8) is 0 Å². The molecule has 2 aromatic heterocycles. The van der Waals surface area contributed by atoms with Crippen molar-refractivity contribution >= 4 is 53.9 Å². The minimum absolute atomic E-state index is 0.0120. The second-order valence-corrected chi connectivity index (χ2v) is 28.4. The van der Waals surface area contributed by atoms with Crippen molar-refractivity contribution < 1.29 is 71.8 Å². The van der Waals surface area contributed by atoms with Gasteiger partial charge in [-0.2, -0.15) is 35.0 Å². The van der Waals surface area contributed by atoms with Crippen molar-refractivity contribution in [2.24, 2.45) is 5.41 Å². The molecule has 0 saturated heterocycles. The Balaban J connectivity index is 0.000000199. The van der Waals surface area contributed by atoms with Gasteiger partial charge in [0, 0.05) is 47.8 Å². The number of carbonyl (C=O) groups is 2. The molecule has 20 heteroatoms. The monoisotopic (exact) mass is 1370 g/mol. The van der Waals surface area contributed by atoms with E-state index in [1.807, 2.05) is 133 Å². The van der Waals surface area contributed by atoms with Gasteiger partial charge in [0.15, 0.2) is 0 Å². The summed E-state index contributed by atoms with van der Waals surface area (Å²) >= 11 is 0. The molecule has 0 fully saturated rings. The van der Waals surface area contributed by atoms with Gasteiger partial charge in [-0.1, -0.05) is 227 Å². The quantitative estimate of drug-likeness (QED) is 0.0699. The first-order chi connectivity index (χ1) is 46.6. The number of sulfonamides is 2. The van der Waals surface area contributed by atoms with Crippen molar-refractivity contribution in [2.45, 2.75) is 74.9 Å². The lowest BCUT2D eigenvalue weighted by molar-refractivity contribution is -0.145. The highest BCUT2D eigenvalue weighted by molar-refractivity contribution is 7.89. The highest BCUT2D eigenvalue weighted by Gasteiger charge is 2.44. The Morgan fingerprint density at radius 3 is 1.14 bits per heavy atom. The second kappa shape index (κ2) is 28.4. The van der Waals surface area contributed by atoms with E-state index in [1.54, 1.807) is 45.0 Å². The summed E-state index contributed by atoms with van der Waals surface area (Å²) in [6.07, 6.45) is -8.04. The van der Waals surface area contributed by atoms with Gasteiger partial charge in [0.2, 0.25) is 20.0 Å². The van der Waals surface area contributed by atoms with Crippen LogP contribution in [0, 0.1) is 5.41 Å². The molecule has 12 aromatic rings. The fourth-order valence-electron chi connectivity index (χ4n) is 11.9. The molecule has 1 atom stereocenters. The first-order valence-corrected chi connectivity index (χ1v) is 33.8. The van der Waals surface area contributed by atoms with E-state index < -0.39 is 86.6 Å². The summed E-state index contributed by atoms with van der Waals surface area (Å²) in [5.74, 6) is -1.16. The van der Waals surface area contributed by atoms with Crippen LogP contribution in [0.3, 0.4) is 0 Å². The van der Waals surface area contributed by atoms with Crippen molar-refractivity contribution in [3.8, 4) is 44.5 Å². The lowest BCUT2D eigenvalue weighted by Gasteiger charge is -2.36. The lowest BCUT2D eigenvalue weighted by Crippen LogP contribution is -2.51. The second-order valence-electron chi connectivity index (χ2n) is 24.5. The number of aliphatic carboxylic acids is 2. The number of hydrogen-bond acceptors (Lipinski definition) is 8. The number of carboxylic acids is 2. The molecule has 0 aliphatic carbocycles. The summed E-state index contributed by atoms with van der Waals surface area (Å²) < 4.78 is 149. The lowest BCUT2D eigenvalue weighted by atomic mass is 9.86. The zero-order valence-corrected chi connectivity index (χ0v) is 54.6. The largest absolute Gasteiger partial charge is 0.480 e. The maximum Gasteiger partial charge on any atom is 0.416 e. The van der Waals surface area contributed by atoms with Gasteiger partial charge in [0.1, 0.15) is 35.3 Å². The van der Waals surface area contributed by atoms with Gasteiger partial charge in [-0.25, -0.2) is 16.8 Å². The molecule has 500 valence electrons. The SMILES string of the molecule is CC(C)(C)C(C(=O)O)N(Cc1cccc(C(F)(F)F)c1)S(=O)(=O)c1ccc(-c2ccc(-c3c(Cc4ccccc4)oc4ccccc34)cc2)cc1.O=C(O)CN(Cc1cccc(C(F)(F)F)c1)S(=O)(=O)c1ccc(-c2ccc(-c3c(Cc4ccccc4)oc4ccccc34)cc2)cc1. The molecule has 12 nitrogen and oxygen atoms in total. The highest BCUT2D eigenvalue weighted by atomic mass is 32.2. The molecule has 12 rings (SSSR count). The molecule has 0 aliphatic rings. The van der Waals surface area contributed by atoms with Gasteiger partial charge in [0.05, 0.1) is 20.9 Å². The topological polar surface area (TPSA) is 176 Å². The molecule has 2 N–H and O–H groups in total. The number of para-hydroxylation sites is 2. The molecule has 0 spiro atoms. The molecular formula is C78H64F6N2O10S2. The molecule has 2 heterocycles. The van der Waals surface area contributed by atoms with Gasteiger partial charge in [-0.15, -0.1) is 0 Å². The number of hydrogen-bond donors (Lipinski definition) is 2. The summed E-state index contributed by atoms with van der Waals surface area (Å²) in [5, 5.41) is 21.6. The summed E-state index contributed by atoms with van der Waals surface area (Å²) in [6.45, 7) is 2.69. The molecule has 10 aromatic carbocycles. The van der Waals surface area contributed by atoms with Gasteiger partial charge < -0.3 is 19.0 Å². The number of furan rings is 2. The Labute approximate surface area is 562 Å². The van der Waals surface area contributed by atoms with Gasteiger partial charge in [-0.05, 0) is 110 Å². The fraction of sp³-hybridized carbons (Fsp3) is 0.154. The van der Waals surface area contributed by atoms with Crippen LogP contribution in [0.25, 0.3) is 66.4 Å². The van der Waals surface area contributed by atoms with Gasteiger partial charge in [-0.3, -0.25) is 9.59 Å². The summed E-state index contributed by atoms with van der Waals surface area (Å²) in [6, 6.07) is 70.3. The minimum atomic E-state index is -4.65. The molecule has 0 saturated carbocycles. The first-order valence-electron chi connectivity index (χ1n) is 30.9. The average Bonchev–Trinajstić information content (AvgIpc) is 1.33. The van der Waals surface area contributed by atoms with Crippen LogP contribution in [0.1, 0.15) is 65.7 Å². The average molecular weight is 1370 g/mol. The van der Waals surface area contributed by atoms with Crippen molar-refractivity contribution in [2.75, 3.05) is 6.54 Å². The molecule has 0 aliphatic heterocycles. The van der Waals surface area contributed by atoms with E-state index >= 15 is 0 Å². The molecule has 0 amide bonds. The fourth-order valence-corrected chi connectivity index (χ4v) is 15.0. The minimum Gasteiger partial charge on any atom is -0.480 e. The van der Waals surface area contributed by atoms with Crippen LogP contribution < -0.4 is 0 Å². The Morgan fingerprint density at radius 2 is 0.765 bits per heavy atom. The number of rotatable bonds is 20. The number of benzene rings is 10. The first kappa shape index (κ1) is 69.0. The van der Waals surface area contributed by atoms with Gasteiger partial charge >= 0.3 is 24.3 Å².